The summed E-state index contributed by atoms with van der Waals surface area (Å²) in [6, 6.07) is 15.4. The molecule has 1 amide bonds. The van der Waals surface area contributed by atoms with Crippen LogP contribution in [0.15, 0.2) is 48.5 Å². The van der Waals surface area contributed by atoms with Crippen LogP contribution in [0, 0.1) is 0 Å². The first-order valence-electron chi connectivity index (χ1n) is 10.6. The van der Waals surface area contributed by atoms with E-state index < -0.39 is 5.54 Å². The Bertz CT molecular complexity index is 790. The summed E-state index contributed by atoms with van der Waals surface area (Å²) < 4.78 is 5.90. The molecule has 2 rings (SSSR count). The van der Waals surface area contributed by atoms with Crippen LogP contribution >= 0.6 is 0 Å². The van der Waals surface area contributed by atoms with Gasteiger partial charge in [-0.2, -0.15) is 0 Å². The molecule has 2 aromatic carbocycles. The minimum atomic E-state index is -0.488. The summed E-state index contributed by atoms with van der Waals surface area (Å²) in [6.07, 6.45) is 5.18. The lowest BCUT2D eigenvalue weighted by Gasteiger charge is -2.32. The highest BCUT2D eigenvalue weighted by atomic mass is 16.5. The molecule has 1 N–H and O–H groups in total. The van der Waals surface area contributed by atoms with Crippen molar-refractivity contribution in [1.29, 1.82) is 0 Å². The number of Topliss-reactive ketones (excluding diaryl/α,β-unsaturated/α-hetero) is 1. The molecule has 0 spiro atoms. The van der Waals surface area contributed by atoms with Crippen LogP contribution in [0.4, 0.5) is 0 Å². The molecule has 29 heavy (non-hydrogen) atoms. The van der Waals surface area contributed by atoms with Crippen LogP contribution in [-0.4, -0.2) is 17.2 Å². The molecule has 0 radical (unpaired) electrons. The Labute approximate surface area is 174 Å². The first-order valence-corrected chi connectivity index (χ1v) is 10.6. The average molecular weight is 396 g/mol. The summed E-state index contributed by atoms with van der Waals surface area (Å²) in [7, 11) is 0. The van der Waals surface area contributed by atoms with Crippen LogP contribution in [0.3, 0.4) is 0 Å². The van der Waals surface area contributed by atoms with Gasteiger partial charge in [-0.3, -0.25) is 9.59 Å². The molecule has 0 atom stereocenters. The first kappa shape index (κ1) is 22.7. The van der Waals surface area contributed by atoms with Gasteiger partial charge in [0.05, 0.1) is 0 Å². The second-order valence-electron chi connectivity index (χ2n) is 7.64. The number of unbranched alkanes of at least 4 members (excludes halogenated alkanes) is 1. The molecule has 0 aliphatic heterocycles. The van der Waals surface area contributed by atoms with Crippen molar-refractivity contribution in [2.45, 2.75) is 71.8 Å². The number of benzene rings is 2. The van der Waals surface area contributed by atoms with Gasteiger partial charge in [-0.05, 0) is 67.6 Å². The Morgan fingerprint density at radius 1 is 0.897 bits per heavy atom. The number of ether oxygens (including phenoxy) is 1. The van der Waals surface area contributed by atoms with E-state index in [-0.39, 0.29) is 11.7 Å². The number of rotatable bonds is 11. The van der Waals surface area contributed by atoms with E-state index in [0.29, 0.717) is 30.6 Å². The molecule has 4 nitrogen and oxygen atoms in total. The Kier molecular flexibility index (Phi) is 8.44. The van der Waals surface area contributed by atoms with Gasteiger partial charge in [0.25, 0.3) is 0 Å². The van der Waals surface area contributed by atoms with Gasteiger partial charge < -0.3 is 10.1 Å². The summed E-state index contributed by atoms with van der Waals surface area (Å²) in [5.41, 5.74) is 1.45. The maximum absolute atomic E-state index is 12.8. The van der Waals surface area contributed by atoms with Crippen molar-refractivity contribution in [2.75, 3.05) is 0 Å². The zero-order chi connectivity index (χ0) is 21.3. The standard InChI is InChI=1S/C25H33NO3/c1-5-8-9-20-10-14-22(15-11-20)29-23-16-12-21(13-17-23)24(28)18-25(6-2,7-3)26-19(4)27/h10-17H,5-9,18H2,1-4H3,(H,26,27). The fraction of sp³-hybridized carbons (Fsp3) is 0.440. The number of ketones is 1. The van der Waals surface area contributed by atoms with Gasteiger partial charge >= 0.3 is 0 Å². The minimum absolute atomic E-state index is 0.0225. The van der Waals surface area contributed by atoms with Crippen molar-refractivity contribution in [3.05, 3.63) is 59.7 Å². The van der Waals surface area contributed by atoms with Crippen LogP contribution in [0.5, 0.6) is 11.5 Å². The van der Waals surface area contributed by atoms with E-state index in [1.165, 1.54) is 25.3 Å². The van der Waals surface area contributed by atoms with Crippen LogP contribution in [0.2, 0.25) is 0 Å². The largest absolute Gasteiger partial charge is 0.457 e. The zero-order valence-electron chi connectivity index (χ0n) is 18.1. The Morgan fingerprint density at radius 3 is 1.93 bits per heavy atom. The van der Waals surface area contributed by atoms with Crippen molar-refractivity contribution in [1.82, 2.24) is 5.32 Å². The second kappa shape index (κ2) is 10.8. The van der Waals surface area contributed by atoms with Gasteiger partial charge in [0.2, 0.25) is 5.91 Å². The lowest BCUT2D eigenvalue weighted by molar-refractivity contribution is -0.120. The maximum atomic E-state index is 12.8. The molecular weight excluding hydrogens is 362 g/mol. The smallest absolute Gasteiger partial charge is 0.217 e. The first-order chi connectivity index (χ1) is 13.9. The number of aryl methyl sites for hydroxylation is 1. The van der Waals surface area contributed by atoms with Crippen LogP contribution in [-0.2, 0) is 11.2 Å². The third kappa shape index (κ3) is 6.74. The Hall–Kier alpha value is -2.62. The molecule has 0 fully saturated rings. The van der Waals surface area contributed by atoms with E-state index >= 15 is 0 Å². The third-order valence-electron chi connectivity index (χ3n) is 5.45. The molecular formula is C25H33NO3. The number of hydrogen-bond acceptors (Lipinski definition) is 3. The summed E-state index contributed by atoms with van der Waals surface area (Å²) in [6.45, 7) is 7.68. The normalized spacial score (nSPS) is 11.2. The quantitative estimate of drug-likeness (QED) is 0.468. The number of hydrogen-bond donors (Lipinski definition) is 1. The zero-order valence-corrected chi connectivity index (χ0v) is 18.1. The van der Waals surface area contributed by atoms with Crippen LogP contribution < -0.4 is 10.1 Å². The van der Waals surface area contributed by atoms with Crippen molar-refractivity contribution < 1.29 is 14.3 Å². The predicted molar refractivity (Wildman–Crippen MR) is 118 cm³/mol. The third-order valence-corrected chi connectivity index (χ3v) is 5.45. The topological polar surface area (TPSA) is 55.4 Å². The molecule has 0 saturated heterocycles. The minimum Gasteiger partial charge on any atom is -0.457 e. The van der Waals surface area contributed by atoms with Gasteiger partial charge in [0, 0.05) is 24.4 Å². The average Bonchev–Trinajstić information content (AvgIpc) is 2.72. The lowest BCUT2D eigenvalue weighted by atomic mass is 9.85. The Morgan fingerprint density at radius 2 is 1.45 bits per heavy atom. The van der Waals surface area contributed by atoms with E-state index in [4.69, 9.17) is 4.74 Å². The fourth-order valence-electron chi connectivity index (χ4n) is 3.45. The number of carbonyl (C=O) groups is 2. The van der Waals surface area contributed by atoms with Gasteiger partial charge in [-0.1, -0.05) is 39.3 Å². The van der Waals surface area contributed by atoms with Crippen molar-refractivity contribution in [2.24, 2.45) is 0 Å². The highest BCUT2D eigenvalue weighted by Crippen LogP contribution is 2.25. The molecule has 0 aliphatic carbocycles. The molecule has 0 saturated carbocycles. The maximum Gasteiger partial charge on any atom is 0.217 e. The molecule has 0 unspecified atom stereocenters. The summed E-state index contributed by atoms with van der Waals surface area (Å²) in [5.74, 6) is 1.40. The van der Waals surface area contributed by atoms with Crippen LogP contribution in [0.1, 0.15) is 75.7 Å². The number of carbonyl (C=O) groups excluding carboxylic acids is 2. The van der Waals surface area contributed by atoms with Crippen molar-refractivity contribution >= 4 is 11.7 Å². The number of amides is 1. The van der Waals surface area contributed by atoms with Crippen molar-refractivity contribution in [3.63, 3.8) is 0 Å². The van der Waals surface area contributed by atoms with Gasteiger partial charge in [0.15, 0.2) is 5.78 Å². The van der Waals surface area contributed by atoms with Crippen LogP contribution in [0.25, 0.3) is 0 Å². The molecule has 0 aromatic heterocycles. The summed E-state index contributed by atoms with van der Waals surface area (Å²) >= 11 is 0. The van der Waals surface area contributed by atoms with Gasteiger partial charge in [0.1, 0.15) is 11.5 Å². The fourth-order valence-corrected chi connectivity index (χ4v) is 3.45. The van der Waals surface area contributed by atoms with E-state index in [9.17, 15) is 9.59 Å². The lowest BCUT2D eigenvalue weighted by Crippen LogP contribution is -2.48. The van der Waals surface area contributed by atoms with E-state index in [2.05, 4.69) is 24.4 Å². The molecule has 0 heterocycles. The number of nitrogens with one attached hydrogen (secondary N) is 1. The van der Waals surface area contributed by atoms with E-state index in [1.807, 2.05) is 38.1 Å². The molecule has 4 heteroatoms. The highest BCUT2D eigenvalue weighted by Gasteiger charge is 2.30. The summed E-state index contributed by atoms with van der Waals surface area (Å²) in [5, 5.41) is 2.97. The highest BCUT2D eigenvalue weighted by molar-refractivity contribution is 5.97. The molecule has 0 bridgehead atoms. The molecule has 156 valence electrons. The second-order valence-corrected chi connectivity index (χ2v) is 7.64. The SMILES string of the molecule is CCCCc1ccc(Oc2ccc(C(=O)CC(CC)(CC)NC(C)=O)cc2)cc1. The molecule has 2 aromatic rings. The monoisotopic (exact) mass is 395 g/mol. The van der Waals surface area contributed by atoms with E-state index in [0.717, 1.165) is 12.2 Å². The van der Waals surface area contributed by atoms with E-state index in [1.54, 1.807) is 12.1 Å². The summed E-state index contributed by atoms with van der Waals surface area (Å²) in [4.78, 5) is 24.3. The predicted octanol–water partition coefficient (Wildman–Crippen LogP) is 6.09. The van der Waals surface area contributed by atoms with Gasteiger partial charge in [-0.15, -0.1) is 0 Å². The van der Waals surface area contributed by atoms with Crippen molar-refractivity contribution in [3.8, 4) is 11.5 Å². The molecule has 0 aliphatic rings. The van der Waals surface area contributed by atoms with Gasteiger partial charge in [-0.25, -0.2) is 0 Å². The Balaban J connectivity index is 2.01.